The lowest BCUT2D eigenvalue weighted by Crippen LogP contribution is -2.56. The Balaban J connectivity index is 1.40. The van der Waals surface area contributed by atoms with Crippen molar-refractivity contribution in [2.45, 2.75) is 38.0 Å². The molecule has 2 saturated heterocycles. The molecule has 0 radical (unpaired) electrons. The minimum absolute atomic E-state index is 0.212. The summed E-state index contributed by atoms with van der Waals surface area (Å²) in [5.74, 6) is -0.240. The maximum absolute atomic E-state index is 14.2. The van der Waals surface area contributed by atoms with Crippen LogP contribution in [0.25, 0.3) is 0 Å². The van der Waals surface area contributed by atoms with E-state index in [4.69, 9.17) is 4.74 Å². The highest BCUT2D eigenvalue weighted by molar-refractivity contribution is 5.69. The van der Waals surface area contributed by atoms with Crippen LogP contribution in [0, 0.1) is 11.7 Å². The maximum atomic E-state index is 14.2. The zero-order valence-electron chi connectivity index (χ0n) is 20.5. The molecule has 0 amide bonds. The number of methoxy groups -OCH3 is 1. The van der Waals surface area contributed by atoms with E-state index in [2.05, 4.69) is 9.80 Å². The Morgan fingerprint density at radius 2 is 1.78 bits per heavy atom. The van der Waals surface area contributed by atoms with Crippen LogP contribution in [0.1, 0.15) is 30.4 Å². The Morgan fingerprint density at radius 3 is 2.47 bits per heavy atom. The molecular weight excluding hydrogens is 474 g/mol. The summed E-state index contributed by atoms with van der Waals surface area (Å²) in [7, 11) is 1.39. The topological polar surface area (TPSA) is 36.0 Å². The summed E-state index contributed by atoms with van der Waals surface area (Å²) in [6.07, 6.45) is -2.46. The molecule has 36 heavy (non-hydrogen) atoms. The van der Waals surface area contributed by atoms with Crippen LogP contribution in [-0.4, -0.2) is 68.2 Å². The van der Waals surface area contributed by atoms with E-state index in [0.717, 1.165) is 38.7 Å². The smallest absolute Gasteiger partial charge is 0.416 e. The molecule has 4 rings (SSSR count). The Labute approximate surface area is 209 Å². The van der Waals surface area contributed by atoms with Crippen molar-refractivity contribution in [3.63, 3.8) is 0 Å². The molecule has 0 aliphatic carbocycles. The van der Waals surface area contributed by atoms with E-state index in [9.17, 15) is 22.4 Å². The maximum Gasteiger partial charge on any atom is 0.416 e. The Morgan fingerprint density at radius 1 is 1.03 bits per heavy atom. The molecule has 0 unspecified atom stereocenters. The number of rotatable bonds is 7. The van der Waals surface area contributed by atoms with Gasteiger partial charge < -0.3 is 9.64 Å². The van der Waals surface area contributed by atoms with Gasteiger partial charge in [0, 0.05) is 63.0 Å². The van der Waals surface area contributed by atoms with Gasteiger partial charge in [0.25, 0.3) is 0 Å². The molecular formula is C27H33F4N3O2. The van der Waals surface area contributed by atoms with E-state index in [-0.39, 0.29) is 23.7 Å². The lowest BCUT2D eigenvalue weighted by atomic mass is 9.86. The van der Waals surface area contributed by atoms with Gasteiger partial charge in [-0.15, -0.1) is 0 Å². The van der Waals surface area contributed by atoms with Crippen LogP contribution in [0.15, 0.2) is 48.5 Å². The highest BCUT2D eigenvalue weighted by Gasteiger charge is 2.36. The third-order valence-electron chi connectivity index (χ3n) is 7.40. The molecule has 2 fully saturated rings. The van der Waals surface area contributed by atoms with Gasteiger partial charge in [-0.3, -0.25) is 14.6 Å². The van der Waals surface area contributed by atoms with Crippen LogP contribution in [0.5, 0.6) is 0 Å². The third-order valence-corrected chi connectivity index (χ3v) is 7.40. The summed E-state index contributed by atoms with van der Waals surface area (Å²) in [6.45, 7) is 4.86. The number of likely N-dealkylation sites (tertiary alicyclic amines) is 1. The largest absolute Gasteiger partial charge is 0.469 e. The molecule has 2 aromatic rings. The number of hydrogen-bond donors (Lipinski definition) is 0. The van der Waals surface area contributed by atoms with Crippen LogP contribution in [0.3, 0.4) is 0 Å². The Kier molecular flexibility index (Phi) is 8.51. The monoisotopic (exact) mass is 507 g/mol. The van der Waals surface area contributed by atoms with E-state index >= 15 is 0 Å². The lowest BCUT2D eigenvalue weighted by Gasteiger charge is -2.47. The molecule has 0 N–H and O–H groups in total. The van der Waals surface area contributed by atoms with E-state index in [1.165, 1.54) is 25.3 Å². The van der Waals surface area contributed by atoms with Gasteiger partial charge in [-0.1, -0.05) is 24.3 Å². The van der Waals surface area contributed by atoms with Crippen molar-refractivity contribution in [2.24, 2.45) is 5.92 Å². The highest BCUT2D eigenvalue weighted by atomic mass is 19.4. The zero-order chi connectivity index (χ0) is 25.7. The first-order chi connectivity index (χ1) is 17.2. The second-order valence-electron chi connectivity index (χ2n) is 9.63. The fourth-order valence-electron chi connectivity index (χ4n) is 5.47. The molecule has 9 heteroatoms. The van der Waals surface area contributed by atoms with Gasteiger partial charge in [-0.05, 0) is 49.6 Å². The van der Waals surface area contributed by atoms with Crippen LogP contribution in [0.4, 0.5) is 23.2 Å². The Bertz CT molecular complexity index is 1020. The predicted molar refractivity (Wildman–Crippen MR) is 130 cm³/mol. The van der Waals surface area contributed by atoms with Crippen molar-refractivity contribution < 1.29 is 27.1 Å². The highest BCUT2D eigenvalue weighted by Crippen LogP contribution is 2.33. The van der Waals surface area contributed by atoms with E-state index < -0.39 is 11.7 Å². The van der Waals surface area contributed by atoms with Gasteiger partial charge in [0.05, 0.1) is 12.7 Å². The third kappa shape index (κ3) is 6.56. The minimum Gasteiger partial charge on any atom is -0.469 e. The number of ether oxygens (including phenoxy) is 1. The molecule has 196 valence electrons. The van der Waals surface area contributed by atoms with Gasteiger partial charge in [-0.25, -0.2) is 4.39 Å². The number of piperidine rings is 1. The zero-order valence-corrected chi connectivity index (χ0v) is 20.5. The standard InChI is InChI=1S/C27H33F4N3O2/c1-36-26(35)10-9-21-19-32(18-20-5-2-3-8-24(20)28)12-11-25(21)34-15-13-33(14-16-34)23-7-4-6-22(17-23)27(29,30)31/h2-8,17,21,25H,9-16,18-19H2,1H3/t21-,25+/m1/s1. The number of halogens is 4. The molecule has 2 aliphatic heterocycles. The second kappa shape index (κ2) is 11.6. The second-order valence-corrected chi connectivity index (χ2v) is 9.63. The van der Waals surface area contributed by atoms with Gasteiger partial charge in [0.15, 0.2) is 0 Å². The Hall–Kier alpha value is -2.65. The lowest BCUT2D eigenvalue weighted by molar-refractivity contribution is -0.141. The number of nitrogens with zero attached hydrogens (tertiary/aromatic N) is 3. The number of hydrogen-bond acceptors (Lipinski definition) is 5. The SMILES string of the molecule is COC(=O)CC[C@@H]1CN(Cc2ccccc2F)CC[C@@H]1N1CCN(c2cccc(C(F)(F)F)c2)CC1. The fraction of sp³-hybridized carbons (Fsp3) is 0.519. The summed E-state index contributed by atoms with van der Waals surface area (Å²) in [5.41, 5.74) is 0.622. The molecule has 0 spiro atoms. The molecule has 5 nitrogen and oxygen atoms in total. The predicted octanol–water partition coefficient (Wildman–Crippen LogP) is 4.81. The average Bonchev–Trinajstić information content (AvgIpc) is 2.88. The summed E-state index contributed by atoms with van der Waals surface area (Å²) < 4.78 is 58.5. The minimum atomic E-state index is -4.36. The quantitative estimate of drug-likeness (QED) is 0.397. The molecule has 0 saturated carbocycles. The summed E-state index contributed by atoms with van der Waals surface area (Å²) in [5, 5.41) is 0. The first-order valence-electron chi connectivity index (χ1n) is 12.4. The average molecular weight is 508 g/mol. The normalized spacial score (nSPS) is 22.0. The number of carbonyl (C=O) groups excluding carboxylic acids is 1. The number of benzene rings is 2. The summed E-state index contributed by atoms with van der Waals surface area (Å²) in [6, 6.07) is 12.6. The first kappa shape index (κ1) is 26.4. The van der Waals surface area contributed by atoms with Crippen molar-refractivity contribution in [3.05, 3.63) is 65.5 Å². The molecule has 0 aromatic heterocycles. The van der Waals surface area contributed by atoms with Crippen LogP contribution >= 0.6 is 0 Å². The molecule has 0 bridgehead atoms. The van der Waals surface area contributed by atoms with E-state index in [1.807, 2.05) is 11.0 Å². The van der Waals surface area contributed by atoms with Gasteiger partial charge in [-0.2, -0.15) is 13.2 Å². The molecule has 2 heterocycles. The summed E-state index contributed by atoms with van der Waals surface area (Å²) in [4.78, 5) is 18.5. The van der Waals surface area contributed by atoms with Gasteiger partial charge in [0.1, 0.15) is 5.82 Å². The number of piperazine rings is 1. The van der Waals surface area contributed by atoms with Crippen LogP contribution in [-0.2, 0) is 22.3 Å². The molecule has 2 aliphatic rings. The van der Waals surface area contributed by atoms with Crippen molar-refractivity contribution in [1.29, 1.82) is 0 Å². The number of esters is 1. The van der Waals surface area contributed by atoms with E-state index in [0.29, 0.717) is 43.7 Å². The van der Waals surface area contributed by atoms with Gasteiger partial charge >= 0.3 is 12.1 Å². The number of anilines is 1. The van der Waals surface area contributed by atoms with Crippen LogP contribution < -0.4 is 4.90 Å². The van der Waals surface area contributed by atoms with E-state index in [1.54, 1.807) is 18.2 Å². The van der Waals surface area contributed by atoms with Crippen molar-refractivity contribution >= 4 is 11.7 Å². The van der Waals surface area contributed by atoms with Crippen molar-refractivity contribution in [3.8, 4) is 0 Å². The van der Waals surface area contributed by atoms with Crippen LogP contribution in [0.2, 0.25) is 0 Å². The summed E-state index contributed by atoms with van der Waals surface area (Å²) >= 11 is 0. The van der Waals surface area contributed by atoms with Crippen molar-refractivity contribution in [2.75, 3.05) is 51.3 Å². The molecule has 2 aromatic carbocycles. The number of carbonyl (C=O) groups is 1. The van der Waals surface area contributed by atoms with Gasteiger partial charge in [0.2, 0.25) is 0 Å². The number of alkyl halides is 3. The van der Waals surface area contributed by atoms with Crippen molar-refractivity contribution in [1.82, 2.24) is 9.80 Å². The fourth-order valence-corrected chi connectivity index (χ4v) is 5.47. The molecule has 2 atom stereocenters. The first-order valence-corrected chi connectivity index (χ1v) is 12.4.